The molecule has 2 aliphatic heterocycles. The largest absolute Gasteiger partial charge is 0.439 e. The number of ether oxygens (including phenoxy) is 2. The van der Waals surface area contributed by atoms with Gasteiger partial charge in [-0.25, -0.2) is 4.79 Å². The Morgan fingerprint density at radius 3 is 2.38 bits per heavy atom. The average Bonchev–Trinajstić information content (AvgIpc) is 3.39. The minimum Gasteiger partial charge on any atom is -0.439 e. The molecule has 0 saturated carbocycles. The van der Waals surface area contributed by atoms with E-state index in [1.54, 1.807) is 55.1 Å². The van der Waals surface area contributed by atoms with Crippen molar-refractivity contribution < 1.29 is 28.7 Å². The second-order valence-electron chi connectivity index (χ2n) is 8.26. The zero-order chi connectivity index (χ0) is 24.5. The maximum atomic E-state index is 13.0. The molecule has 4 amide bonds. The predicted molar refractivity (Wildman–Crippen MR) is 128 cm³/mol. The summed E-state index contributed by atoms with van der Waals surface area (Å²) in [5.74, 6) is -0.965. The third-order valence-corrected chi connectivity index (χ3v) is 6.85. The summed E-state index contributed by atoms with van der Waals surface area (Å²) < 4.78 is 11.2. The van der Waals surface area contributed by atoms with Crippen LogP contribution in [0.4, 0.5) is 16.2 Å². The van der Waals surface area contributed by atoms with Crippen molar-refractivity contribution in [3.05, 3.63) is 45.6 Å². The SMILES string of the molecule is CCC(=O)N(C[C@@]1(C)CN(c2ccc(N3CCOCC3=O)cc2)C(=O)O1)C(=O)c1ccc(Cl)s1. The molecule has 1 aromatic heterocycles. The fourth-order valence-electron chi connectivity index (χ4n) is 3.94. The van der Waals surface area contributed by atoms with Gasteiger partial charge in [0.2, 0.25) is 5.91 Å². The van der Waals surface area contributed by atoms with E-state index >= 15 is 0 Å². The number of halogens is 1. The molecule has 0 unspecified atom stereocenters. The summed E-state index contributed by atoms with van der Waals surface area (Å²) in [6.07, 6.45) is -0.450. The lowest BCUT2D eigenvalue weighted by Gasteiger charge is -2.29. The highest BCUT2D eigenvalue weighted by Crippen LogP contribution is 2.31. The summed E-state index contributed by atoms with van der Waals surface area (Å²) >= 11 is 7.04. The molecule has 2 aromatic rings. The van der Waals surface area contributed by atoms with Crippen LogP contribution >= 0.6 is 22.9 Å². The van der Waals surface area contributed by atoms with Crippen molar-refractivity contribution in [2.24, 2.45) is 0 Å². The van der Waals surface area contributed by atoms with Crippen LogP contribution in [0, 0.1) is 0 Å². The zero-order valence-corrected chi connectivity index (χ0v) is 20.4. The van der Waals surface area contributed by atoms with Crippen LogP contribution in [0.15, 0.2) is 36.4 Å². The number of morpholine rings is 1. The van der Waals surface area contributed by atoms with Crippen molar-refractivity contribution in [2.75, 3.05) is 42.6 Å². The van der Waals surface area contributed by atoms with E-state index in [0.717, 1.165) is 16.2 Å². The Kier molecular flexibility index (Phi) is 6.92. The number of amides is 4. The molecule has 1 aromatic carbocycles. The molecule has 0 N–H and O–H groups in total. The highest BCUT2D eigenvalue weighted by atomic mass is 35.5. The maximum absolute atomic E-state index is 13.0. The Balaban J connectivity index is 1.50. The van der Waals surface area contributed by atoms with Gasteiger partial charge < -0.3 is 14.4 Å². The van der Waals surface area contributed by atoms with E-state index < -0.39 is 17.6 Å². The third kappa shape index (κ3) is 4.94. The van der Waals surface area contributed by atoms with Crippen molar-refractivity contribution in [1.29, 1.82) is 0 Å². The first kappa shape index (κ1) is 24.2. The molecule has 0 aliphatic carbocycles. The molecule has 9 nitrogen and oxygen atoms in total. The molecule has 11 heteroatoms. The summed E-state index contributed by atoms with van der Waals surface area (Å²) in [5.41, 5.74) is 0.201. The van der Waals surface area contributed by atoms with Crippen LogP contribution in [0.3, 0.4) is 0 Å². The standard InChI is InChI=1S/C23H24ClN3O6S/c1-3-19(28)27(21(30)17-8-9-18(24)34-17)14-23(2)13-26(22(31)33-23)16-6-4-15(5-7-16)25-10-11-32-12-20(25)29/h4-9H,3,10-14H2,1-2H3/t23-/m1/s1. The van der Waals surface area contributed by atoms with Crippen molar-refractivity contribution >= 4 is 58.1 Å². The highest BCUT2D eigenvalue weighted by molar-refractivity contribution is 7.18. The van der Waals surface area contributed by atoms with Crippen molar-refractivity contribution in [3.63, 3.8) is 0 Å². The summed E-state index contributed by atoms with van der Waals surface area (Å²) in [5, 5.41) is 0. The number of anilines is 2. The molecule has 4 rings (SSSR count). The van der Waals surface area contributed by atoms with Crippen LogP contribution in [0.5, 0.6) is 0 Å². The Labute approximate surface area is 205 Å². The van der Waals surface area contributed by atoms with Crippen LogP contribution < -0.4 is 9.80 Å². The van der Waals surface area contributed by atoms with Crippen LogP contribution in [-0.2, 0) is 19.1 Å². The number of nitrogens with zero attached hydrogens (tertiary/aromatic N) is 3. The van der Waals surface area contributed by atoms with E-state index in [1.807, 2.05) is 0 Å². The van der Waals surface area contributed by atoms with E-state index in [2.05, 4.69) is 0 Å². The second kappa shape index (κ2) is 9.73. The lowest BCUT2D eigenvalue weighted by atomic mass is 10.1. The number of hydrogen-bond acceptors (Lipinski definition) is 7. The van der Waals surface area contributed by atoms with Crippen LogP contribution in [-0.4, -0.2) is 67.2 Å². The molecule has 2 saturated heterocycles. The van der Waals surface area contributed by atoms with Gasteiger partial charge in [0.1, 0.15) is 12.2 Å². The molecule has 1 atom stereocenters. The van der Waals surface area contributed by atoms with Gasteiger partial charge in [-0.1, -0.05) is 18.5 Å². The van der Waals surface area contributed by atoms with Gasteiger partial charge in [-0.15, -0.1) is 11.3 Å². The van der Waals surface area contributed by atoms with Crippen molar-refractivity contribution in [1.82, 2.24) is 4.90 Å². The first-order valence-electron chi connectivity index (χ1n) is 10.8. The minimum absolute atomic E-state index is 0.0436. The molecule has 2 fully saturated rings. The Bertz CT molecular complexity index is 1120. The number of benzene rings is 1. The monoisotopic (exact) mass is 505 g/mol. The summed E-state index contributed by atoms with van der Waals surface area (Å²) in [4.78, 5) is 54.9. The summed E-state index contributed by atoms with van der Waals surface area (Å²) in [6, 6.07) is 10.2. The lowest BCUT2D eigenvalue weighted by Crippen LogP contribution is -2.48. The number of rotatable bonds is 6. The average molecular weight is 506 g/mol. The summed E-state index contributed by atoms with van der Waals surface area (Å²) in [6.45, 7) is 4.39. The van der Waals surface area contributed by atoms with Gasteiger partial charge in [-0.05, 0) is 43.3 Å². The minimum atomic E-state index is -1.10. The summed E-state index contributed by atoms with van der Waals surface area (Å²) in [7, 11) is 0. The van der Waals surface area contributed by atoms with E-state index in [-0.39, 0.29) is 37.9 Å². The fourth-order valence-corrected chi connectivity index (χ4v) is 4.93. The number of thiophene rings is 1. The zero-order valence-electron chi connectivity index (χ0n) is 18.8. The van der Waals surface area contributed by atoms with Gasteiger partial charge in [-0.3, -0.25) is 24.2 Å². The van der Waals surface area contributed by atoms with E-state index in [9.17, 15) is 19.2 Å². The number of cyclic esters (lactones) is 1. The van der Waals surface area contributed by atoms with Gasteiger partial charge >= 0.3 is 6.09 Å². The molecule has 34 heavy (non-hydrogen) atoms. The quantitative estimate of drug-likeness (QED) is 0.595. The Hall–Kier alpha value is -2.95. The molecular weight excluding hydrogens is 482 g/mol. The molecule has 3 heterocycles. The topological polar surface area (TPSA) is 96.5 Å². The van der Waals surface area contributed by atoms with Crippen LogP contribution in [0.1, 0.15) is 29.9 Å². The smallest absolute Gasteiger partial charge is 0.415 e. The lowest BCUT2D eigenvalue weighted by molar-refractivity contribution is -0.130. The Morgan fingerprint density at radius 2 is 1.79 bits per heavy atom. The molecule has 0 radical (unpaired) electrons. The maximum Gasteiger partial charge on any atom is 0.415 e. The van der Waals surface area contributed by atoms with E-state index in [4.69, 9.17) is 21.1 Å². The number of carbonyl (C=O) groups excluding carboxylic acids is 4. The van der Waals surface area contributed by atoms with E-state index in [0.29, 0.717) is 33.7 Å². The third-order valence-electron chi connectivity index (χ3n) is 5.63. The number of imide groups is 1. The fraction of sp³-hybridized carbons (Fsp3) is 0.391. The number of carbonyl (C=O) groups is 4. The first-order chi connectivity index (χ1) is 16.2. The number of hydrogen-bond donors (Lipinski definition) is 0. The molecule has 0 spiro atoms. The van der Waals surface area contributed by atoms with Gasteiger partial charge in [0.25, 0.3) is 11.8 Å². The molecular formula is C23H24ClN3O6S. The first-order valence-corrected chi connectivity index (χ1v) is 12.0. The molecule has 2 aliphatic rings. The highest BCUT2D eigenvalue weighted by Gasteiger charge is 2.45. The predicted octanol–water partition coefficient (Wildman–Crippen LogP) is 3.56. The van der Waals surface area contributed by atoms with Gasteiger partial charge in [0.05, 0.1) is 28.9 Å². The van der Waals surface area contributed by atoms with Crippen LogP contribution in [0.25, 0.3) is 0 Å². The van der Waals surface area contributed by atoms with Gasteiger partial charge in [0, 0.05) is 24.3 Å². The van der Waals surface area contributed by atoms with E-state index in [1.165, 1.54) is 4.90 Å². The second-order valence-corrected chi connectivity index (χ2v) is 9.98. The normalized spacial score (nSPS) is 20.4. The Morgan fingerprint density at radius 1 is 1.12 bits per heavy atom. The van der Waals surface area contributed by atoms with Gasteiger partial charge in [-0.2, -0.15) is 0 Å². The molecule has 0 bridgehead atoms. The van der Waals surface area contributed by atoms with Crippen molar-refractivity contribution in [3.8, 4) is 0 Å². The molecule has 180 valence electrons. The van der Waals surface area contributed by atoms with Crippen molar-refractivity contribution in [2.45, 2.75) is 25.9 Å². The van der Waals surface area contributed by atoms with Crippen LogP contribution in [0.2, 0.25) is 4.34 Å². The van der Waals surface area contributed by atoms with Gasteiger partial charge in [0.15, 0.2) is 0 Å².